The Morgan fingerprint density at radius 1 is 1.32 bits per heavy atom. The quantitative estimate of drug-likeness (QED) is 0.686. The second-order valence-electron chi connectivity index (χ2n) is 6.23. The van der Waals surface area contributed by atoms with Gasteiger partial charge in [-0.05, 0) is 44.9 Å². The van der Waals surface area contributed by atoms with Crippen molar-refractivity contribution in [2.24, 2.45) is 0 Å². The van der Waals surface area contributed by atoms with Crippen LogP contribution in [0.4, 0.5) is 5.69 Å². The maximum absolute atomic E-state index is 12.4. The third-order valence-corrected chi connectivity index (χ3v) is 4.83. The number of nitrogens with one attached hydrogen (secondary N) is 1. The molecule has 6 nitrogen and oxygen atoms in total. The minimum absolute atomic E-state index is 0.0517. The van der Waals surface area contributed by atoms with Crippen molar-refractivity contribution in [2.75, 3.05) is 13.1 Å². The average molecular weight is 303 g/mol. The van der Waals surface area contributed by atoms with E-state index in [-0.39, 0.29) is 17.6 Å². The van der Waals surface area contributed by atoms with Gasteiger partial charge in [0.2, 0.25) is 0 Å². The number of piperidine rings is 1. The van der Waals surface area contributed by atoms with Crippen molar-refractivity contribution in [3.05, 3.63) is 39.4 Å². The van der Waals surface area contributed by atoms with E-state index >= 15 is 0 Å². The van der Waals surface area contributed by atoms with E-state index in [0.29, 0.717) is 17.2 Å². The number of nitro groups is 1. The number of benzene rings is 1. The lowest BCUT2D eigenvalue weighted by Crippen LogP contribution is -2.46. The van der Waals surface area contributed by atoms with Gasteiger partial charge in [-0.25, -0.2) is 0 Å². The van der Waals surface area contributed by atoms with Crippen molar-refractivity contribution in [3.8, 4) is 0 Å². The van der Waals surface area contributed by atoms with Gasteiger partial charge < -0.3 is 5.32 Å². The highest BCUT2D eigenvalue weighted by atomic mass is 16.6. The zero-order valence-corrected chi connectivity index (χ0v) is 12.7. The van der Waals surface area contributed by atoms with Crippen LogP contribution < -0.4 is 5.32 Å². The number of hydrogen-bond donors (Lipinski definition) is 1. The molecular weight excluding hydrogens is 282 g/mol. The van der Waals surface area contributed by atoms with E-state index in [4.69, 9.17) is 0 Å². The van der Waals surface area contributed by atoms with Crippen molar-refractivity contribution in [3.63, 3.8) is 0 Å². The van der Waals surface area contributed by atoms with E-state index in [2.05, 4.69) is 10.2 Å². The topological polar surface area (TPSA) is 75.5 Å². The van der Waals surface area contributed by atoms with Crippen molar-refractivity contribution in [1.29, 1.82) is 0 Å². The molecule has 2 heterocycles. The molecule has 0 aliphatic carbocycles. The van der Waals surface area contributed by atoms with Crippen molar-refractivity contribution in [1.82, 2.24) is 10.2 Å². The second kappa shape index (κ2) is 6.04. The van der Waals surface area contributed by atoms with Crippen molar-refractivity contribution >= 4 is 11.6 Å². The highest BCUT2D eigenvalue weighted by Crippen LogP contribution is 2.27. The number of fused-ring (bicyclic) bond motifs is 1. The van der Waals surface area contributed by atoms with Crippen LogP contribution >= 0.6 is 0 Å². The van der Waals surface area contributed by atoms with Crippen LogP contribution in [0.2, 0.25) is 0 Å². The Balaban J connectivity index is 1.69. The summed E-state index contributed by atoms with van der Waals surface area (Å²) in [6.45, 7) is 3.84. The first-order valence-electron chi connectivity index (χ1n) is 7.86. The fraction of sp³-hybridized carbons (Fsp3) is 0.562. The molecule has 0 bridgehead atoms. The largest absolute Gasteiger partial charge is 0.348 e. The van der Waals surface area contributed by atoms with E-state index in [1.165, 1.54) is 25.0 Å². The normalized spacial score (nSPS) is 24.8. The van der Waals surface area contributed by atoms with Crippen molar-refractivity contribution in [2.45, 2.75) is 44.7 Å². The molecule has 1 amide bonds. The number of nitrogens with zero attached hydrogens (tertiary/aromatic N) is 2. The highest BCUT2D eigenvalue weighted by Gasteiger charge is 2.36. The molecule has 0 saturated carbocycles. The SMILES string of the molecule is Cc1cc(C(=O)N[C@H]2CCN3CCCC[C@H]23)ccc1[N+](=O)[O-]. The Labute approximate surface area is 129 Å². The number of rotatable bonds is 3. The minimum Gasteiger partial charge on any atom is -0.348 e. The van der Waals surface area contributed by atoms with Crippen LogP contribution in [0.15, 0.2) is 18.2 Å². The summed E-state index contributed by atoms with van der Waals surface area (Å²) >= 11 is 0. The summed E-state index contributed by atoms with van der Waals surface area (Å²) in [6, 6.07) is 5.20. The van der Waals surface area contributed by atoms with Gasteiger partial charge in [-0.3, -0.25) is 19.8 Å². The molecule has 2 aliphatic rings. The Morgan fingerprint density at radius 3 is 2.86 bits per heavy atom. The summed E-state index contributed by atoms with van der Waals surface area (Å²) < 4.78 is 0. The van der Waals surface area contributed by atoms with E-state index < -0.39 is 4.92 Å². The third kappa shape index (κ3) is 2.83. The maximum Gasteiger partial charge on any atom is 0.272 e. The van der Waals surface area contributed by atoms with Crippen LogP contribution in [0.5, 0.6) is 0 Å². The summed E-state index contributed by atoms with van der Waals surface area (Å²) in [6.07, 6.45) is 4.61. The molecule has 2 aliphatic heterocycles. The molecule has 0 radical (unpaired) electrons. The first-order valence-corrected chi connectivity index (χ1v) is 7.86. The monoisotopic (exact) mass is 303 g/mol. The predicted octanol–water partition coefficient (Wildman–Crippen LogP) is 2.26. The highest BCUT2D eigenvalue weighted by molar-refractivity contribution is 5.95. The fourth-order valence-corrected chi connectivity index (χ4v) is 3.67. The summed E-state index contributed by atoms with van der Waals surface area (Å²) in [7, 11) is 0. The Kier molecular flexibility index (Phi) is 4.11. The smallest absolute Gasteiger partial charge is 0.272 e. The molecule has 1 aromatic rings. The number of amides is 1. The predicted molar refractivity (Wildman–Crippen MR) is 82.9 cm³/mol. The zero-order valence-electron chi connectivity index (χ0n) is 12.7. The van der Waals surface area contributed by atoms with Gasteiger partial charge in [0, 0.05) is 35.8 Å². The summed E-state index contributed by atoms with van der Waals surface area (Å²) in [5, 5.41) is 14.0. The molecule has 22 heavy (non-hydrogen) atoms. The molecular formula is C16H21N3O3. The molecule has 1 N–H and O–H groups in total. The lowest BCUT2D eigenvalue weighted by molar-refractivity contribution is -0.385. The molecule has 0 unspecified atom stereocenters. The molecule has 1 aromatic carbocycles. The molecule has 3 rings (SSSR count). The van der Waals surface area contributed by atoms with Gasteiger partial charge in [0.15, 0.2) is 0 Å². The first kappa shape index (κ1) is 15.0. The van der Waals surface area contributed by atoms with Crippen molar-refractivity contribution < 1.29 is 9.72 Å². The fourth-order valence-electron chi connectivity index (χ4n) is 3.67. The van der Waals surface area contributed by atoms with Gasteiger partial charge >= 0.3 is 0 Å². The Morgan fingerprint density at radius 2 is 2.14 bits per heavy atom. The van der Waals surface area contributed by atoms with Crippen LogP contribution in [-0.2, 0) is 0 Å². The molecule has 0 aromatic heterocycles. The number of nitro benzene ring substituents is 1. The van der Waals surface area contributed by atoms with Crippen LogP contribution in [0.3, 0.4) is 0 Å². The van der Waals surface area contributed by atoms with E-state index in [9.17, 15) is 14.9 Å². The lowest BCUT2D eigenvalue weighted by atomic mass is 9.98. The van der Waals surface area contributed by atoms with Gasteiger partial charge in [0.1, 0.15) is 0 Å². The van der Waals surface area contributed by atoms with Crippen LogP contribution in [-0.4, -0.2) is 40.9 Å². The summed E-state index contributed by atoms with van der Waals surface area (Å²) in [4.78, 5) is 25.3. The number of hydrogen-bond acceptors (Lipinski definition) is 4. The average Bonchev–Trinajstić information content (AvgIpc) is 2.90. The van der Waals surface area contributed by atoms with Crippen LogP contribution in [0.1, 0.15) is 41.6 Å². The summed E-state index contributed by atoms with van der Waals surface area (Å²) in [5.74, 6) is -0.129. The summed E-state index contributed by atoms with van der Waals surface area (Å²) in [5.41, 5.74) is 1.07. The van der Waals surface area contributed by atoms with Gasteiger partial charge in [-0.15, -0.1) is 0 Å². The standard InChI is InChI=1S/C16H21N3O3/c1-11-10-12(5-6-14(11)19(21)22)16(20)17-13-7-9-18-8-3-2-4-15(13)18/h5-6,10,13,15H,2-4,7-9H2,1H3,(H,17,20)/t13-,15+/m0/s1. The van der Waals surface area contributed by atoms with Gasteiger partial charge in [0.25, 0.3) is 11.6 Å². The van der Waals surface area contributed by atoms with E-state index in [1.54, 1.807) is 13.0 Å². The number of carbonyl (C=O) groups is 1. The van der Waals surface area contributed by atoms with Gasteiger partial charge in [0.05, 0.1) is 4.92 Å². The second-order valence-corrected chi connectivity index (χ2v) is 6.23. The molecule has 2 atom stereocenters. The Bertz CT molecular complexity index is 602. The molecule has 2 fully saturated rings. The molecule has 118 valence electrons. The maximum atomic E-state index is 12.4. The molecule has 0 spiro atoms. The zero-order chi connectivity index (χ0) is 15.7. The van der Waals surface area contributed by atoms with Gasteiger partial charge in [-0.2, -0.15) is 0 Å². The van der Waals surface area contributed by atoms with E-state index in [1.807, 2.05) is 0 Å². The van der Waals surface area contributed by atoms with Crippen LogP contribution in [0, 0.1) is 17.0 Å². The lowest BCUT2D eigenvalue weighted by Gasteiger charge is -2.32. The van der Waals surface area contributed by atoms with E-state index in [0.717, 1.165) is 25.9 Å². The number of aryl methyl sites for hydroxylation is 1. The Hall–Kier alpha value is -1.95. The number of carbonyl (C=O) groups excluding carboxylic acids is 1. The first-order chi connectivity index (χ1) is 10.6. The van der Waals surface area contributed by atoms with Crippen LogP contribution in [0.25, 0.3) is 0 Å². The minimum atomic E-state index is -0.423. The molecule has 2 saturated heterocycles. The molecule has 6 heteroatoms. The van der Waals surface area contributed by atoms with Gasteiger partial charge in [-0.1, -0.05) is 6.42 Å². The third-order valence-electron chi connectivity index (χ3n) is 4.83.